The Kier molecular flexibility index (Phi) is 3.08. The summed E-state index contributed by atoms with van der Waals surface area (Å²) in [4.78, 5) is 23.9. The highest BCUT2D eigenvalue weighted by molar-refractivity contribution is 5.84. The number of pyridine rings is 1. The molecule has 0 aliphatic rings. The maximum Gasteiger partial charge on any atom is 0.411 e. The summed E-state index contributed by atoms with van der Waals surface area (Å²) in [6.07, 6.45) is 0.869. The lowest BCUT2D eigenvalue weighted by Crippen LogP contribution is -2.14. The van der Waals surface area contributed by atoms with Crippen molar-refractivity contribution in [1.29, 1.82) is 0 Å². The van der Waals surface area contributed by atoms with Crippen molar-refractivity contribution in [3.05, 3.63) is 28.7 Å². The average molecular weight is 182 g/mol. The van der Waals surface area contributed by atoms with Crippen molar-refractivity contribution in [2.75, 3.05) is 11.9 Å². The quantitative estimate of drug-likeness (QED) is 0.715. The highest BCUT2D eigenvalue weighted by Crippen LogP contribution is 2.00. The van der Waals surface area contributed by atoms with Crippen LogP contribution in [-0.4, -0.2) is 17.7 Å². The van der Waals surface area contributed by atoms with Crippen molar-refractivity contribution in [1.82, 2.24) is 4.98 Å². The molecule has 2 N–H and O–H groups in total. The van der Waals surface area contributed by atoms with Crippen molar-refractivity contribution in [3.63, 3.8) is 0 Å². The zero-order valence-corrected chi connectivity index (χ0v) is 7.16. The molecule has 5 nitrogen and oxygen atoms in total. The number of H-pyrrole nitrogens is 1. The number of ether oxygens (including phenoxy) is 1. The van der Waals surface area contributed by atoms with Crippen LogP contribution in [-0.2, 0) is 4.74 Å². The SMILES string of the molecule is CCOC(=O)Nc1ccc(=O)[nH]c1. The van der Waals surface area contributed by atoms with E-state index in [1.165, 1.54) is 18.3 Å². The summed E-state index contributed by atoms with van der Waals surface area (Å²) >= 11 is 0. The molecule has 13 heavy (non-hydrogen) atoms. The van der Waals surface area contributed by atoms with Gasteiger partial charge in [0.25, 0.3) is 0 Å². The van der Waals surface area contributed by atoms with E-state index in [0.717, 1.165) is 0 Å². The normalized spacial score (nSPS) is 9.31. The Labute approximate surface area is 74.7 Å². The molecular formula is C8H10N2O3. The van der Waals surface area contributed by atoms with Gasteiger partial charge in [0, 0.05) is 12.3 Å². The first-order valence-corrected chi connectivity index (χ1v) is 3.85. The molecule has 1 aromatic rings. The number of carbonyl (C=O) groups excluding carboxylic acids is 1. The van der Waals surface area contributed by atoms with E-state index in [2.05, 4.69) is 15.0 Å². The summed E-state index contributed by atoms with van der Waals surface area (Å²) in [6.45, 7) is 2.03. The van der Waals surface area contributed by atoms with Gasteiger partial charge in [-0.3, -0.25) is 10.1 Å². The van der Waals surface area contributed by atoms with Gasteiger partial charge in [-0.1, -0.05) is 0 Å². The van der Waals surface area contributed by atoms with Crippen LogP contribution < -0.4 is 10.9 Å². The third-order valence-electron chi connectivity index (χ3n) is 1.31. The average Bonchev–Trinajstić information content (AvgIpc) is 2.09. The standard InChI is InChI=1S/C8H10N2O3/c1-2-13-8(12)10-6-3-4-7(11)9-5-6/h3-5H,2H2,1H3,(H,9,11)(H,10,12). The van der Waals surface area contributed by atoms with E-state index in [4.69, 9.17) is 0 Å². The third-order valence-corrected chi connectivity index (χ3v) is 1.31. The van der Waals surface area contributed by atoms with Crippen LogP contribution >= 0.6 is 0 Å². The molecule has 5 heteroatoms. The van der Waals surface area contributed by atoms with Crippen LogP contribution in [0.25, 0.3) is 0 Å². The number of hydrogen-bond acceptors (Lipinski definition) is 3. The molecule has 0 bridgehead atoms. The van der Waals surface area contributed by atoms with Crippen molar-refractivity contribution in [2.45, 2.75) is 6.92 Å². The number of carbonyl (C=O) groups is 1. The van der Waals surface area contributed by atoms with E-state index in [1.54, 1.807) is 6.92 Å². The zero-order valence-electron chi connectivity index (χ0n) is 7.16. The van der Waals surface area contributed by atoms with Crippen molar-refractivity contribution in [3.8, 4) is 0 Å². The summed E-state index contributed by atoms with van der Waals surface area (Å²) in [7, 11) is 0. The number of anilines is 1. The number of hydrogen-bond donors (Lipinski definition) is 2. The lowest BCUT2D eigenvalue weighted by atomic mass is 10.4. The Morgan fingerprint density at radius 2 is 2.38 bits per heavy atom. The highest BCUT2D eigenvalue weighted by atomic mass is 16.5. The van der Waals surface area contributed by atoms with Crippen LogP contribution in [0.1, 0.15) is 6.92 Å². The number of nitrogens with one attached hydrogen (secondary N) is 2. The number of aromatic nitrogens is 1. The Bertz CT molecular complexity index is 325. The topological polar surface area (TPSA) is 71.2 Å². The predicted octanol–water partition coefficient (Wildman–Crippen LogP) is 0.943. The molecule has 0 saturated heterocycles. The molecule has 0 unspecified atom stereocenters. The van der Waals surface area contributed by atoms with Gasteiger partial charge in [0.1, 0.15) is 0 Å². The maximum absolute atomic E-state index is 10.9. The molecule has 0 atom stereocenters. The fourth-order valence-corrected chi connectivity index (χ4v) is 0.773. The van der Waals surface area contributed by atoms with Crippen LogP contribution in [0, 0.1) is 0 Å². The van der Waals surface area contributed by atoms with Gasteiger partial charge in [-0.2, -0.15) is 0 Å². The number of rotatable bonds is 2. The van der Waals surface area contributed by atoms with Crippen molar-refractivity contribution in [2.24, 2.45) is 0 Å². The molecule has 0 aromatic carbocycles. The van der Waals surface area contributed by atoms with E-state index in [0.29, 0.717) is 12.3 Å². The lowest BCUT2D eigenvalue weighted by molar-refractivity contribution is 0.168. The first kappa shape index (κ1) is 9.31. The fraction of sp³-hybridized carbons (Fsp3) is 0.250. The van der Waals surface area contributed by atoms with Gasteiger partial charge in [-0.15, -0.1) is 0 Å². The fourth-order valence-electron chi connectivity index (χ4n) is 0.773. The van der Waals surface area contributed by atoms with E-state index in [9.17, 15) is 9.59 Å². The van der Waals surface area contributed by atoms with Gasteiger partial charge in [0.05, 0.1) is 12.3 Å². The molecular weight excluding hydrogens is 172 g/mol. The van der Waals surface area contributed by atoms with E-state index < -0.39 is 6.09 Å². The van der Waals surface area contributed by atoms with Gasteiger partial charge >= 0.3 is 6.09 Å². The number of aromatic amines is 1. The molecule has 0 radical (unpaired) electrons. The van der Waals surface area contributed by atoms with Crippen LogP contribution in [0.5, 0.6) is 0 Å². The molecule has 0 saturated carbocycles. The van der Waals surface area contributed by atoms with E-state index in [1.807, 2.05) is 0 Å². The molecule has 1 heterocycles. The maximum atomic E-state index is 10.9. The first-order valence-electron chi connectivity index (χ1n) is 3.85. The second kappa shape index (κ2) is 4.30. The van der Waals surface area contributed by atoms with Gasteiger partial charge in [-0.25, -0.2) is 4.79 Å². The summed E-state index contributed by atoms with van der Waals surface area (Å²) in [5, 5.41) is 2.44. The third kappa shape index (κ3) is 2.98. The van der Waals surface area contributed by atoms with Crippen LogP contribution in [0.3, 0.4) is 0 Å². The van der Waals surface area contributed by atoms with Gasteiger partial charge in [0.15, 0.2) is 0 Å². The predicted molar refractivity (Wildman–Crippen MR) is 47.7 cm³/mol. The van der Waals surface area contributed by atoms with Gasteiger partial charge < -0.3 is 9.72 Å². The second-order valence-electron chi connectivity index (χ2n) is 2.29. The summed E-state index contributed by atoms with van der Waals surface area (Å²) in [5.41, 5.74) is 0.285. The van der Waals surface area contributed by atoms with Gasteiger partial charge in [0.2, 0.25) is 5.56 Å². The smallest absolute Gasteiger partial charge is 0.411 e. The van der Waals surface area contributed by atoms with Gasteiger partial charge in [-0.05, 0) is 13.0 Å². The minimum atomic E-state index is -0.533. The number of amides is 1. The van der Waals surface area contributed by atoms with Crippen molar-refractivity contribution >= 4 is 11.8 Å². The Balaban J connectivity index is 2.59. The van der Waals surface area contributed by atoms with Crippen LogP contribution in [0.2, 0.25) is 0 Å². The van der Waals surface area contributed by atoms with Crippen LogP contribution in [0.15, 0.2) is 23.1 Å². The molecule has 0 aliphatic carbocycles. The summed E-state index contributed by atoms with van der Waals surface area (Å²) in [5.74, 6) is 0. The monoisotopic (exact) mass is 182 g/mol. The Morgan fingerprint density at radius 1 is 1.62 bits per heavy atom. The molecule has 1 amide bonds. The Hall–Kier alpha value is -1.78. The summed E-state index contributed by atoms with van der Waals surface area (Å²) in [6, 6.07) is 2.82. The lowest BCUT2D eigenvalue weighted by Gasteiger charge is -2.03. The highest BCUT2D eigenvalue weighted by Gasteiger charge is 2.00. The van der Waals surface area contributed by atoms with Crippen molar-refractivity contribution < 1.29 is 9.53 Å². The van der Waals surface area contributed by atoms with E-state index in [-0.39, 0.29) is 5.56 Å². The summed E-state index contributed by atoms with van der Waals surface area (Å²) < 4.78 is 4.63. The molecule has 0 spiro atoms. The molecule has 0 aliphatic heterocycles. The largest absolute Gasteiger partial charge is 0.450 e. The molecule has 1 aromatic heterocycles. The van der Waals surface area contributed by atoms with Crippen LogP contribution in [0.4, 0.5) is 10.5 Å². The molecule has 0 fully saturated rings. The Morgan fingerprint density at radius 3 is 2.92 bits per heavy atom. The minimum absolute atomic E-state index is 0.214. The molecule has 70 valence electrons. The second-order valence-corrected chi connectivity index (χ2v) is 2.29. The van der Waals surface area contributed by atoms with E-state index >= 15 is 0 Å². The zero-order chi connectivity index (χ0) is 9.68. The molecule has 1 rings (SSSR count). The minimum Gasteiger partial charge on any atom is -0.450 e. The first-order chi connectivity index (χ1) is 6.22.